The third kappa shape index (κ3) is 17.2. The minimum Gasteiger partial charge on any atom is -0.300 e. The molecule has 0 saturated heterocycles. The third-order valence-corrected chi connectivity index (χ3v) is 4.40. The van der Waals surface area contributed by atoms with Crippen molar-refractivity contribution in [3.63, 3.8) is 0 Å². The Kier molecular flexibility index (Phi) is 15.8. The Balaban J connectivity index is 3.43. The molecule has 0 N–H and O–H groups in total. The van der Waals surface area contributed by atoms with Gasteiger partial charge in [-0.1, -0.05) is 31.9 Å². The summed E-state index contributed by atoms with van der Waals surface area (Å²) in [5.41, 5.74) is 0. The molecule has 4 nitrogen and oxygen atoms in total. The zero-order valence-electron chi connectivity index (χ0n) is 16.7. The average molecular weight is 365 g/mol. The summed E-state index contributed by atoms with van der Waals surface area (Å²) in [5, 5.41) is 0. The highest BCUT2D eigenvalue weighted by molar-refractivity contribution is 5.85. The highest BCUT2D eigenvalue weighted by Gasteiger charge is 2.04. The van der Waals surface area contributed by atoms with E-state index in [9.17, 15) is 19.2 Å². The number of ketones is 4. The lowest BCUT2D eigenvalue weighted by Crippen LogP contribution is -2.00. The molecule has 0 unspecified atom stereocenters. The Labute approximate surface area is 158 Å². The maximum atomic E-state index is 11.7. The van der Waals surface area contributed by atoms with Crippen LogP contribution in [0, 0.1) is 0 Å². The summed E-state index contributed by atoms with van der Waals surface area (Å²) in [6.45, 7) is 3.38. The van der Waals surface area contributed by atoms with E-state index in [4.69, 9.17) is 0 Å². The van der Waals surface area contributed by atoms with Gasteiger partial charge < -0.3 is 4.79 Å². The predicted molar refractivity (Wildman–Crippen MR) is 105 cm³/mol. The highest BCUT2D eigenvalue weighted by atomic mass is 16.1. The first-order chi connectivity index (χ1) is 12.5. The summed E-state index contributed by atoms with van der Waals surface area (Å²) in [4.78, 5) is 45.2. The molecule has 0 bridgehead atoms. The third-order valence-electron chi connectivity index (χ3n) is 4.40. The summed E-state index contributed by atoms with van der Waals surface area (Å²) < 4.78 is 0. The van der Waals surface area contributed by atoms with Crippen LogP contribution >= 0.6 is 0 Å². The lowest BCUT2D eigenvalue weighted by atomic mass is 10.0. The van der Waals surface area contributed by atoms with Crippen LogP contribution in [0.3, 0.4) is 0 Å². The van der Waals surface area contributed by atoms with Crippen molar-refractivity contribution in [3.05, 3.63) is 12.2 Å². The zero-order valence-corrected chi connectivity index (χ0v) is 16.7. The number of hydrogen-bond donors (Lipinski definition) is 0. The Morgan fingerprint density at radius 1 is 0.615 bits per heavy atom. The zero-order chi connectivity index (χ0) is 19.6. The molecular formula is C22H36O4. The number of rotatable bonds is 18. The number of unbranched alkanes of at least 4 members (excludes halogenated alkanes) is 5. The Morgan fingerprint density at radius 2 is 1.19 bits per heavy atom. The van der Waals surface area contributed by atoms with Crippen LogP contribution in [-0.2, 0) is 19.2 Å². The van der Waals surface area contributed by atoms with Crippen molar-refractivity contribution in [2.45, 2.75) is 104 Å². The molecule has 0 aromatic rings. The van der Waals surface area contributed by atoms with Crippen LogP contribution in [0.15, 0.2) is 12.2 Å². The van der Waals surface area contributed by atoms with Gasteiger partial charge in [0.1, 0.15) is 23.1 Å². The standard InChI is InChI=1S/C22H36O4/c1-3-20(24)13-11-12-16-21(25)14-9-7-5-4-6-8-10-15-22(26)18-17-19(2)23/h8,10H,3-7,9,11-18H2,1-2H3. The molecule has 26 heavy (non-hydrogen) atoms. The fraction of sp³-hybridized carbons (Fsp3) is 0.727. The van der Waals surface area contributed by atoms with Gasteiger partial charge in [0.2, 0.25) is 0 Å². The van der Waals surface area contributed by atoms with E-state index in [1.54, 1.807) is 0 Å². The summed E-state index contributed by atoms with van der Waals surface area (Å²) in [5.74, 6) is 0.784. The van der Waals surface area contributed by atoms with E-state index in [0.717, 1.165) is 44.9 Å². The number of carbonyl (C=O) groups excluding carboxylic acids is 4. The molecule has 0 aliphatic heterocycles. The van der Waals surface area contributed by atoms with Gasteiger partial charge in [0, 0.05) is 44.9 Å². The first-order valence-corrected chi connectivity index (χ1v) is 10.1. The Hall–Kier alpha value is -1.58. The molecule has 0 spiro atoms. The van der Waals surface area contributed by atoms with E-state index >= 15 is 0 Å². The second kappa shape index (κ2) is 16.9. The summed E-state index contributed by atoms with van der Waals surface area (Å²) in [6, 6.07) is 0. The monoisotopic (exact) mass is 364 g/mol. The molecule has 0 amide bonds. The molecule has 0 saturated carbocycles. The molecule has 0 aromatic carbocycles. The van der Waals surface area contributed by atoms with Gasteiger partial charge >= 0.3 is 0 Å². The van der Waals surface area contributed by atoms with Crippen molar-refractivity contribution in [2.75, 3.05) is 0 Å². The molecule has 0 aromatic heterocycles. The molecule has 0 rings (SSSR count). The number of carbonyl (C=O) groups is 4. The number of Topliss-reactive ketones (excluding diaryl/α,β-unsaturated/α-hetero) is 4. The number of allylic oxidation sites excluding steroid dienone is 2. The second-order valence-corrected chi connectivity index (χ2v) is 7.01. The van der Waals surface area contributed by atoms with E-state index in [0.29, 0.717) is 50.7 Å². The summed E-state index contributed by atoms with van der Waals surface area (Å²) in [6.07, 6.45) is 14.3. The molecule has 0 fully saturated rings. The van der Waals surface area contributed by atoms with Crippen LogP contribution in [0.2, 0.25) is 0 Å². The fourth-order valence-corrected chi connectivity index (χ4v) is 2.63. The van der Waals surface area contributed by atoms with Crippen LogP contribution in [0.5, 0.6) is 0 Å². The largest absolute Gasteiger partial charge is 0.300 e. The van der Waals surface area contributed by atoms with Crippen LogP contribution in [0.1, 0.15) is 104 Å². The minimum absolute atomic E-state index is 0.0624. The molecule has 0 radical (unpaired) electrons. The summed E-state index contributed by atoms with van der Waals surface area (Å²) in [7, 11) is 0. The molecule has 4 heteroatoms. The Bertz CT molecular complexity index is 463. The van der Waals surface area contributed by atoms with E-state index in [1.165, 1.54) is 6.92 Å². The normalized spacial score (nSPS) is 11.0. The van der Waals surface area contributed by atoms with Crippen molar-refractivity contribution >= 4 is 23.1 Å². The van der Waals surface area contributed by atoms with E-state index in [2.05, 4.69) is 0 Å². The van der Waals surface area contributed by atoms with Gasteiger partial charge in [-0.15, -0.1) is 0 Å². The van der Waals surface area contributed by atoms with Crippen molar-refractivity contribution < 1.29 is 19.2 Å². The average Bonchev–Trinajstić information content (AvgIpc) is 2.61. The van der Waals surface area contributed by atoms with Gasteiger partial charge in [-0.2, -0.15) is 0 Å². The molecule has 0 aliphatic rings. The van der Waals surface area contributed by atoms with Gasteiger partial charge in [0.05, 0.1) is 0 Å². The summed E-state index contributed by atoms with van der Waals surface area (Å²) >= 11 is 0. The highest BCUT2D eigenvalue weighted by Crippen LogP contribution is 2.10. The molecular weight excluding hydrogens is 328 g/mol. The maximum Gasteiger partial charge on any atom is 0.137 e. The fourth-order valence-electron chi connectivity index (χ4n) is 2.63. The Morgan fingerprint density at radius 3 is 1.81 bits per heavy atom. The van der Waals surface area contributed by atoms with Crippen LogP contribution < -0.4 is 0 Å². The second-order valence-electron chi connectivity index (χ2n) is 7.01. The molecule has 0 aliphatic carbocycles. The number of hydrogen-bond acceptors (Lipinski definition) is 4. The molecule has 148 valence electrons. The SMILES string of the molecule is CCC(=O)CCCCC(=O)CCCCCCC=CCC(=O)CCC(C)=O. The van der Waals surface area contributed by atoms with E-state index in [-0.39, 0.29) is 17.3 Å². The maximum absolute atomic E-state index is 11.7. The van der Waals surface area contributed by atoms with Gasteiger partial charge in [-0.05, 0) is 39.0 Å². The van der Waals surface area contributed by atoms with Gasteiger partial charge in [0.15, 0.2) is 0 Å². The van der Waals surface area contributed by atoms with Crippen molar-refractivity contribution in [2.24, 2.45) is 0 Å². The lowest BCUT2D eigenvalue weighted by Gasteiger charge is -2.01. The molecule has 0 atom stereocenters. The van der Waals surface area contributed by atoms with Crippen LogP contribution in [-0.4, -0.2) is 23.1 Å². The minimum atomic E-state index is 0.0624. The van der Waals surface area contributed by atoms with Crippen LogP contribution in [0.4, 0.5) is 0 Å². The van der Waals surface area contributed by atoms with Gasteiger partial charge in [0.25, 0.3) is 0 Å². The smallest absolute Gasteiger partial charge is 0.137 e. The predicted octanol–water partition coefficient (Wildman–Crippen LogP) is 5.32. The van der Waals surface area contributed by atoms with E-state index < -0.39 is 0 Å². The van der Waals surface area contributed by atoms with Crippen LogP contribution in [0.25, 0.3) is 0 Å². The van der Waals surface area contributed by atoms with Gasteiger partial charge in [-0.25, -0.2) is 0 Å². The lowest BCUT2D eigenvalue weighted by molar-refractivity contribution is -0.122. The van der Waals surface area contributed by atoms with E-state index in [1.807, 2.05) is 19.1 Å². The first-order valence-electron chi connectivity index (χ1n) is 10.1. The topological polar surface area (TPSA) is 68.3 Å². The first kappa shape index (κ1) is 24.4. The van der Waals surface area contributed by atoms with Crippen molar-refractivity contribution in [1.29, 1.82) is 0 Å². The van der Waals surface area contributed by atoms with Gasteiger partial charge in [-0.3, -0.25) is 14.4 Å². The van der Waals surface area contributed by atoms with Crippen molar-refractivity contribution in [1.82, 2.24) is 0 Å². The quantitative estimate of drug-likeness (QED) is 0.244. The van der Waals surface area contributed by atoms with Crippen molar-refractivity contribution in [3.8, 4) is 0 Å². The molecule has 0 heterocycles.